The SMILES string of the molecule is FC(F)(F)Cn1c2cnccc2c2cc(Cl)cc(-c3ccncc3)c21. The van der Waals surface area contributed by atoms with E-state index in [0.29, 0.717) is 32.4 Å². The molecule has 0 unspecified atom stereocenters. The number of halogens is 4. The van der Waals surface area contributed by atoms with Crippen LogP contribution in [-0.2, 0) is 6.54 Å². The van der Waals surface area contributed by atoms with Gasteiger partial charge < -0.3 is 4.57 Å². The molecule has 4 rings (SSSR count). The lowest BCUT2D eigenvalue weighted by Crippen LogP contribution is -2.17. The normalized spacial score (nSPS) is 12.2. The van der Waals surface area contributed by atoms with Crippen molar-refractivity contribution >= 4 is 33.4 Å². The Morgan fingerprint density at radius 1 is 0.960 bits per heavy atom. The fourth-order valence-corrected chi connectivity index (χ4v) is 3.36. The van der Waals surface area contributed by atoms with Crippen molar-refractivity contribution in [1.29, 1.82) is 0 Å². The van der Waals surface area contributed by atoms with Crippen LogP contribution in [0.1, 0.15) is 0 Å². The Morgan fingerprint density at radius 3 is 2.40 bits per heavy atom. The first-order valence-corrected chi connectivity index (χ1v) is 7.84. The van der Waals surface area contributed by atoms with Crippen molar-refractivity contribution in [3.63, 3.8) is 0 Å². The summed E-state index contributed by atoms with van der Waals surface area (Å²) >= 11 is 6.25. The van der Waals surface area contributed by atoms with Crippen molar-refractivity contribution in [2.45, 2.75) is 12.7 Å². The maximum absolute atomic E-state index is 13.2. The van der Waals surface area contributed by atoms with E-state index in [1.807, 2.05) is 0 Å². The average molecular weight is 362 g/mol. The number of pyridine rings is 2. The lowest BCUT2D eigenvalue weighted by molar-refractivity contribution is -0.139. The standard InChI is InChI=1S/C18H11ClF3N3/c19-12-7-14(11-1-4-23-5-2-11)17-15(8-12)13-3-6-24-9-16(13)25(17)10-18(20,21)22/h1-9H,10H2. The van der Waals surface area contributed by atoms with Crippen molar-refractivity contribution < 1.29 is 13.2 Å². The van der Waals surface area contributed by atoms with Gasteiger partial charge in [0.2, 0.25) is 0 Å². The van der Waals surface area contributed by atoms with E-state index < -0.39 is 12.7 Å². The molecule has 0 spiro atoms. The molecule has 0 atom stereocenters. The molecule has 0 aliphatic rings. The Hall–Kier alpha value is -2.60. The summed E-state index contributed by atoms with van der Waals surface area (Å²) < 4.78 is 40.9. The molecule has 25 heavy (non-hydrogen) atoms. The van der Waals surface area contributed by atoms with Gasteiger partial charge in [0.15, 0.2) is 0 Å². The first-order chi connectivity index (χ1) is 11.9. The molecule has 126 valence electrons. The summed E-state index contributed by atoms with van der Waals surface area (Å²) in [6.45, 7) is -1.10. The first-order valence-electron chi connectivity index (χ1n) is 7.47. The molecule has 0 aliphatic heterocycles. The van der Waals surface area contributed by atoms with E-state index in [1.165, 1.54) is 10.8 Å². The number of hydrogen-bond donors (Lipinski definition) is 0. The molecule has 0 N–H and O–H groups in total. The van der Waals surface area contributed by atoms with Gasteiger partial charge in [-0.15, -0.1) is 0 Å². The van der Waals surface area contributed by atoms with Crippen molar-refractivity contribution in [3.05, 3.63) is 60.1 Å². The summed E-state index contributed by atoms with van der Waals surface area (Å²) in [4.78, 5) is 7.96. The molecule has 0 bridgehead atoms. The average Bonchev–Trinajstić information content (AvgIpc) is 2.88. The largest absolute Gasteiger partial charge is 0.406 e. The van der Waals surface area contributed by atoms with E-state index in [0.717, 1.165) is 5.56 Å². The second-order valence-electron chi connectivity index (χ2n) is 5.68. The number of nitrogens with zero attached hydrogens (tertiary/aromatic N) is 3. The maximum atomic E-state index is 13.2. The van der Waals surface area contributed by atoms with Gasteiger partial charge in [-0.1, -0.05) is 11.6 Å². The molecule has 1 aromatic carbocycles. The van der Waals surface area contributed by atoms with Gasteiger partial charge in [-0.25, -0.2) is 0 Å². The summed E-state index contributed by atoms with van der Waals surface area (Å²) in [5.74, 6) is 0. The van der Waals surface area contributed by atoms with Gasteiger partial charge in [0.05, 0.1) is 17.2 Å². The van der Waals surface area contributed by atoms with Gasteiger partial charge >= 0.3 is 6.18 Å². The fourth-order valence-electron chi connectivity index (χ4n) is 3.14. The van der Waals surface area contributed by atoms with E-state index in [2.05, 4.69) is 9.97 Å². The predicted octanol–water partition coefficient (Wildman–Crippen LogP) is 5.47. The Labute approximate surface area is 145 Å². The molecule has 3 aromatic heterocycles. The second kappa shape index (κ2) is 5.74. The monoisotopic (exact) mass is 361 g/mol. The fraction of sp³-hybridized carbons (Fsp3) is 0.111. The Morgan fingerprint density at radius 2 is 1.68 bits per heavy atom. The summed E-state index contributed by atoms with van der Waals surface area (Å²) in [5, 5.41) is 1.82. The highest BCUT2D eigenvalue weighted by molar-refractivity contribution is 6.32. The lowest BCUT2D eigenvalue weighted by Gasteiger charge is -2.13. The van der Waals surface area contributed by atoms with E-state index >= 15 is 0 Å². The highest BCUT2D eigenvalue weighted by atomic mass is 35.5. The van der Waals surface area contributed by atoms with Gasteiger partial charge in [0.25, 0.3) is 0 Å². The molecule has 0 radical (unpaired) electrons. The zero-order chi connectivity index (χ0) is 17.6. The summed E-state index contributed by atoms with van der Waals surface area (Å²) in [7, 11) is 0. The van der Waals surface area contributed by atoms with Crippen molar-refractivity contribution in [1.82, 2.24) is 14.5 Å². The molecular weight excluding hydrogens is 351 g/mol. The summed E-state index contributed by atoms with van der Waals surface area (Å²) in [6.07, 6.45) is 1.85. The van der Waals surface area contributed by atoms with E-state index in [-0.39, 0.29) is 0 Å². The van der Waals surface area contributed by atoms with Crippen LogP contribution in [0.25, 0.3) is 32.9 Å². The molecule has 0 aliphatic carbocycles. The molecule has 0 fully saturated rings. The second-order valence-corrected chi connectivity index (χ2v) is 6.12. The number of fused-ring (bicyclic) bond motifs is 3. The molecule has 7 heteroatoms. The van der Waals surface area contributed by atoms with Crippen LogP contribution in [0.5, 0.6) is 0 Å². The molecule has 4 aromatic rings. The zero-order valence-electron chi connectivity index (χ0n) is 12.8. The van der Waals surface area contributed by atoms with E-state index in [9.17, 15) is 13.2 Å². The first kappa shape index (κ1) is 15.9. The molecule has 0 amide bonds. The predicted molar refractivity (Wildman–Crippen MR) is 91.5 cm³/mol. The molecular formula is C18H11ClF3N3. The van der Waals surface area contributed by atoms with Crippen molar-refractivity contribution in [3.8, 4) is 11.1 Å². The third kappa shape index (κ3) is 2.82. The lowest BCUT2D eigenvalue weighted by atomic mass is 10.0. The minimum absolute atomic E-state index is 0.424. The summed E-state index contributed by atoms with van der Waals surface area (Å²) in [6, 6.07) is 8.57. The van der Waals surface area contributed by atoms with Crippen LogP contribution in [0.3, 0.4) is 0 Å². The van der Waals surface area contributed by atoms with Gasteiger partial charge in [-0.05, 0) is 35.9 Å². The van der Waals surface area contributed by atoms with Crippen molar-refractivity contribution in [2.75, 3.05) is 0 Å². The Balaban J connectivity index is 2.16. The maximum Gasteiger partial charge on any atom is 0.406 e. The third-order valence-corrected chi connectivity index (χ3v) is 4.27. The number of aromatic nitrogens is 3. The molecule has 3 heterocycles. The van der Waals surface area contributed by atoms with Crippen LogP contribution in [0.2, 0.25) is 5.02 Å². The van der Waals surface area contributed by atoms with Gasteiger partial charge in [-0.2, -0.15) is 13.2 Å². The van der Waals surface area contributed by atoms with Crippen LogP contribution in [-0.4, -0.2) is 20.7 Å². The highest BCUT2D eigenvalue weighted by Gasteiger charge is 2.30. The number of rotatable bonds is 2. The molecule has 0 saturated carbocycles. The van der Waals surface area contributed by atoms with Gasteiger partial charge in [0.1, 0.15) is 6.54 Å². The Kier molecular flexibility index (Phi) is 3.65. The van der Waals surface area contributed by atoms with Crippen molar-refractivity contribution in [2.24, 2.45) is 0 Å². The molecule has 3 nitrogen and oxygen atoms in total. The van der Waals surface area contributed by atoms with Gasteiger partial charge in [0, 0.05) is 39.9 Å². The van der Waals surface area contributed by atoms with Crippen LogP contribution < -0.4 is 0 Å². The third-order valence-electron chi connectivity index (χ3n) is 4.05. The summed E-state index contributed by atoms with van der Waals surface area (Å²) in [5.41, 5.74) is 2.29. The van der Waals surface area contributed by atoms with Gasteiger partial charge in [-0.3, -0.25) is 9.97 Å². The Bertz CT molecular complexity index is 1070. The smallest absolute Gasteiger partial charge is 0.329 e. The highest BCUT2D eigenvalue weighted by Crippen LogP contribution is 2.39. The quantitative estimate of drug-likeness (QED) is 0.474. The van der Waals surface area contributed by atoms with Crippen LogP contribution in [0.4, 0.5) is 13.2 Å². The van der Waals surface area contributed by atoms with Crippen LogP contribution in [0, 0.1) is 0 Å². The van der Waals surface area contributed by atoms with Crippen LogP contribution in [0.15, 0.2) is 55.1 Å². The van der Waals surface area contributed by atoms with E-state index in [1.54, 1.807) is 48.9 Å². The number of benzene rings is 1. The number of alkyl halides is 3. The minimum atomic E-state index is -4.36. The topological polar surface area (TPSA) is 30.7 Å². The number of hydrogen-bond acceptors (Lipinski definition) is 2. The zero-order valence-corrected chi connectivity index (χ0v) is 13.5. The minimum Gasteiger partial charge on any atom is -0.329 e. The molecule has 0 saturated heterocycles. The van der Waals surface area contributed by atoms with Crippen LogP contribution >= 0.6 is 11.6 Å². The van der Waals surface area contributed by atoms with E-state index in [4.69, 9.17) is 11.6 Å².